The summed E-state index contributed by atoms with van der Waals surface area (Å²) < 4.78 is 12.8. The molecular formula is C14H20ClFN2. The molecule has 1 aromatic rings. The molecule has 0 aromatic heterocycles. The van der Waals surface area contributed by atoms with Crippen molar-refractivity contribution in [1.82, 2.24) is 10.2 Å². The third kappa shape index (κ3) is 3.22. The lowest BCUT2D eigenvalue weighted by atomic mass is 9.97. The molecule has 1 aliphatic heterocycles. The predicted molar refractivity (Wildman–Crippen MR) is 74.0 cm³/mol. The van der Waals surface area contributed by atoms with Gasteiger partial charge in [0.15, 0.2) is 0 Å². The normalized spacial score (nSPS) is 18.8. The molecular weight excluding hydrogens is 251 g/mol. The third-order valence-corrected chi connectivity index (χ3v) is 3.80. The summed E-state index contributed by atoms with van der Waals surface area (Å²) in [7, 11) is 0. The van der Waals surface area contributed by atoms with E-state index in [4.69, 9.17) is 11.6 Å². The zero-order valence-electron chi connectivity index (χ0n) is 10.8. The summed E-state index contributed by atoms with van der Waals surface area (Å²) in [4.78, 5) is 2.37. The Kier molecular flexibility index (Phi) is 4.98. The standard InChI is InChI=1S/C14H20ClFN2/c1-11-10-12(15)2-3-13(11)14(4-5-16)18-8-6-17-7-9-18/h2-3,10,14,17H,4-9H2,1H3/t14-/m0/s1. The number of hydrogen-bond acceptors (Lipinski definition) is 2. The fourth-order valence-corrected chi connectivity index (χ4v) is 2.87. The van der Waals surface area contributed by atoms with Gasteiger partial charge in [0.2, 0.25) is 0 Å². The summed E-state index contributed by atoms with van der Waals surface area (Å²) in [5.41, 5.74) is 2.36. The Morgan fingerprint density at radius 1 is 1.39 bits per heavy atom. The average Bonchev–Trinajstić information content (AvgIpc) is 2.38. The molecule has 0 bridgehead atoms. The van der Waals surface area contributed by atoms with E-state index in [1.54, 1.807) is 0 Å². The zero-order valence-corrected chi connectivity index (χ0v) is 11.5. The number of benzene rings is 1. The van der Waals surface area contributed by atoms with E-state index in [0.29, 0.717) is 6.42 Å². The second-order valence-electron chi connectivity index (χ2n) is 4.78. The van der Waals surface area contributed by atoms with Gasteiger partial charge in [-0.15, -0.1) is 0 Å². The number of halogens is 2. The molecule has 1 saturated heterocycles. The van der Waals surface area contributed by atoms with Gasteiger partial charge in [-0.05, 0) is 36.6 Å². The van der Waals surface area contributed by atoms with E-state index in [-0.39, 0.29) is 12.7 Å². The Hall–Kier alpha value is -0.640. The van der Waals surface area contributed by atoms with Gasteiger partial charge >= 0.3 is 0 Å². The van der Waals surface area contributed by atoms with E-state index in [0.717, 1.165) is 36.8 Å². The van der Waals surface area contributed by atoms with Gasteiger partial charge in [-0.1, -0.05) is 17.7 Å². The van der Waals surface area contributed by atoms with Gasteiger partial charge in [0.1, 0.15) is 0 Å². The molecule has 4 heteroatoms. The largest absolute Gasteiger partial charge is 0.314 e. The van der Waals surface area contributed by atoms with Crippen molar-refractivity contribution in [1.29, 1.82) is 0 Å². The number of nitrogens with one attached hydrogen (secondary N) is 1. The minimum Gasteiger partial charge on any atom is -0.314 e. The van der Waals surface area contributed by atoms with Crippen LogP contribution in [0.2, 0.25) is 5.02 Å². The van der Waals surface area contributed by atoms with Crippen LogP contribution >= 0.6 is 11.6 Å². The molecule has 2 nitrogen and oxygen atoms in total. The van der Waals surface area contributed by atoms with Crippen LogP contribution in [0, 0.1) is 6.92 Å². The lowest BCUT2D eigenvalue weighted by Gasteiger charge is -2.35. The first-order valence-electron chi connectivity index (χ1n) is 6.49. The number of rotatable bonds is 4. The van der Waals surface area contributed by atoms with Crippen molar-refractivity contribution in [2.24, 2.45) is 0 Å². The molecule has 0 radical (unpaired) electrons. The Morgan fingerprint density at radius 2 is 2.11 bits per heavy atom. The van der Waals surface area contributed by atoms with Gasteiger partial charge in [0.05, 0.1) is 6.67 Å². The molecule has 0 saturated carbocycles. The van der Waals surface area contributed by atoms with E-state index in [1.807, 2.05) is 18.2 Å². The smallest absolute Gasteiger partial charge is 0.0912 e. The second kappa shape index (κ2) is 6.50. The Balaban J connectivity index is 2.22. The highest BCUT2D eigenvalue weighted by Crippen LogP contribution is 2.29. The van der Waals surface area contributed by atoms with E-state index in [2.05, 4.69) is 17.1 Å². The molecule has 1 atom stereocenters. The molecule has 2 rings (SSSR count). The van der Waals surface area contributed by atoms with Crippen LogP contribution in [-0.4, -0.2) is 37.8 Å². The molecule has 1 aliphatic rings. The summed E-state index contributed by atoms with van der Waals surface area (Å²) in [5, 5.41) is 4.08. The summed E-state index contributed by atoms with van der Waals surface area (Å²) in [6.07, 6.45) is 0.558. The van der Waals surface area contributed by atoms with Crippen LogP contribution in [0.3, 0.4) is 0 Å². The fraction of sp³-hybridized carbons (Fsp3) is 0.571. The first-order valence-corrected chi connectivity index (χ1v) is 6.87. The molecule has 0 amide bonds. The average molecular weight is 271 g/mol. The van der Waals surface area contributed by atoms with E-state index in [1.165, 1.54) is 5.56 Å². The molecule has 18 heavy (non-hydrogen) atoms. The van der Waals surface area contributed by atoms with Crippen molar-refractivity contribution in [2.75, 3.05) is 32.9 Å². The van der Waals surface area contributed by atoms with Gasteiger partial charge in [-0.25, -0.2) is 0 Å². The monoisotopic (exact) mass is 270 g/mol. The van der Waals surface area contributed by atoms with Gasteiger partial charge in [-0.2, -0.15) is 0 Å². The molecule has 1 aromatic carbocycles. The summed E-state index contributed by atoms with van der Waals surface area (Å²) in [5.74, 6) is 0. The van der Waals surface area contributed by atoms with Crippen molar-refractivity contribution < 1.29 is 4.39 Å². The minimum absolute atomic E-state index is 0.175. The Morgan fingerprint density at radius 3 is 2.72 bits per heavy atom. The number of hydrogen-bond donors (Lipinski definition) is 1. The molecule has 0 unspecified atom stereocenters. The number of piperazine rings is 1. The third-order valence-electron chi connectivity index (χ3n) is 3.57. The number of nitrogens with zero attached hydrogens (tertiary/aromatic N) is 1. The van der Waals surface area contributed by atoms with E-state index >= 15 is 0 Å². The van der Waals surface area contributed by atoms with E-state index < -0.39 is 0 Å². The Bertz CT molecular complexity index is 391. The van der Waals surface area contributed by atoms with E-state index in [9.17, 15) is 4.39 Å². The minimum atomic E-state index is -0.281. The van der Waals surface area contributed by atoms with Crippen molar-refractivity contribution in [3.05, 3.63) is 34.3 Å². The topological polar surface area (TPSA) is 15.3 Å². The van der Waals surface area contributed by atoms with Gasteiger partial charge in [-0.3, -0.25) is 9.29 Å². The highest BCUT2D eigenvalue weighted by Gasteiger charge is 2.23. The van der Waals surface area contributed by atoms with Gasteiger partial charge in [0, 0.05) is 37.2 Å². The van der Waals surface area contributed by atoms with Crippen molar-refractivity contribution in [2.45, 2.75) is 19.4 Å². The van der Waals surface area contributed by atoms with Crippen LogP contribution in [0.5, 0.6) is 0 Å². The first kappa shape index (κ1) is 13.8. The highest BCUT2D eigenvalue weighted by atomic mass is 35.5. The molecule has 1 heterocycles. The fourth-order valence-electron chi connectivity index (χ4n) is 2.64. The lowest BCUT2D eigenvalue weighted by Crippen LogP contribution is -2.45. The highest BCUT2D eigenvalue weighted by molar-refractivity contribution is 6.30. The lowest BCUT2D eigenvalue weighted by molar-refractivity contribution is 0.157. The Labute approximate surface area is 113 Å². The molecule has 1 fully saturated rings. The van der Waals surface area contributed by atoms with Crippen molar-refractivity contribution >= 4 is 11.6 Å². The van der Waals surface area contributed by atoms with Crippen LogP contribution in [0.4, 0.5) is 4.39 Å². The predicted octanol–water partition coefficient (Wildman–Crippen LogP) is 2.95. The SMILES string of the molecule is Cc1cc(Cl)ccc1[C@H](CCF)N1CCNCC1. The second-order valence-corrected chi connectivity index (χ2v) is 5.22. The van der Waals surface area contributed by atoms with Gasteiger partial charge < -0.3 is 5.32 Å². The zero-order chi connectivity index (χ0) is 13.0. The molecule has 100 valence electrons. The van der Waals surface area contributed by atoms with Crippen LogP contribution in [0.15, 0.2) is 18.2 Å². The van der Waals surface area contributed by atoms with Crippen LogP contribution in [0.1, 0.15) is 23.6 Å². The maximum absolute atomic E-state index is 12.8. The number of alkyl halides is 1. The molecule has 1 N–H and O–H groups in total. The van der Waals surface area contributed by atoms with Crippen LogP contribution in [0.25, 0.3) is 0 Å². The van der Waals surface area contributed by atoms with Gasteiger partial charge in [0.25, 0.3) is 0 Å². The summed E-state index contributed by atoms with van der Waals surface area (Å²) in [6, 6.07) is 6.08. The van der Waals surface area contributed by atoms with Crippen molar-refractivity contribution in [3.63, 3.8) is 0 Å². The van der Waals surface area contributed by atoms with Crippen molar-refractivity contribution in [3.8, 4) is 0 Å². The molecule has 0 spiro atoms. The van der Waals surface area contributed by atoms with Crippen LogP contribution in [-0.2, 0) is 0 Å². The summed E-state index contributed by atoms with van der Waals surface area (Å²) >= 11 is 5.99. The summed E-state index contributed by atoms with van der Waals surface area (Å²) in [6.45, 7) is 5.69. The quantitative estimate of drug-likeness (QED) is 0.905. The molecule has 0 aliphatic carbocycles. The van der Waals surface area contributed by atoms with Crippen LogP contribution < -0.4 is 5.32 Å². The maximum atomic E-state index is 12.8. The first-order chi connectivity index (χ1) is 8.72. The number of aryl methyl sites for hydroxylation is 1. The maximum Gasteiger partial charge on any atom is 0.0912 e.